The van der Waals surface area contributed by atoms with Crippen molar-refractivity contribution in [2.45, 2.75) is 25.8 Å². The predicted molar refractivity (Wildman–Crippen MR) is 102 cm³/mol. The fourth-order valence-electron chi connectivity index (χ4n) is 4.59. The van der Waals surface area contributed by atoms with E-state index in [2.05, 4.69) is 42.4 Å². The second kappa shape index (κ2) is 6.47. The zero-order valence-corrected chi connectivity index (χ0v) is 15.8. The summed E-state index contributed by atoms with van der Waals surface area (Å²) in [5.74, 6) is 2.60. The van der Waals surface area contributed by atoms with Crippen molar-refractivity contribution in [2.75, 3.05) is 30.4 Å². The van der Waals surface area contributed by atoms with E-state index in [-0.39, 0.29) is 12.0 Å². The smallest absolute Gasteiger partial charge is 0.324 e. The standard InChI is InChI=1S/C18H22N8O2/c1-10-22-17(24-28-10)23-18(27)26-7-11-5-13(6-12(11)8-26)25(2)16-14-3-4-19-15(14)20-9-21-16/h3-4,9,11-13H,5-8H2,1-2H3,(H,19,20,21)(H,23,24,27)/t11-,12+,13?. The van der Waals surface area contributed by atoms with Crippen LogP contribution in [0.1, 0.15) is 18.7 Å². The number of H-pyrrole nitrogens is 1. The molecule has 3 atom stereocenters. The number of amides is 2. The van der Waals surface area contributed by atoms with Gasteiger partial charge in [0.15, 0.2) is 0 Å². The predicted octanol–water partition coefficient (Wildman–Crippen LogP) is 2.03. The lowest BCUT2D eigenvalue weighted by atomic mass is 10.0. The summed E-state index contributed by atoms with van der Waals surface area (Å²) in [4.78, 5) is 32.5. The Morgan fingerprint density at radius 1 is 1.32 bits per heavy atom. The number of aromatic nitrogens is 5. The molecule has 28 heavy (non-hydrogen) atoms. The van der Waals surface area contributed by atoms with E-state index in [0.29, 0.717) is 23.8 Å². The molecule has 3 aromatic rings. The highest BCUT2D eigenvalue weighted by Crippen LogP contribution is 2.41. The normalized spacial score (nSPS) is 23.9. The molecule has 0 radical (unpaired) electrons. The number of carbonyl (C=O) groups is 1. The number of hydrogen-bond donors (Lipinski definition) is 2. The highest BCUT2D eigenvalue weighted by Gasteiger charge is 2.44. The van der Waals surface area contributed by atoms with Crippen LogP contribution in [0.5, 0.6) is 0 Å². The second-order valence-corrected chi connectivity index (χ2v) is 7.67. The van der Waals surface area contributed by atoms with Gasteiger partial charge >= 0.3 is 6.03 Å². The Kier molecular flexibility index (Phi) is 3.92. The molecule has 1 saturated heterocycles. The van der Waals surface area contributed by atoms with Gasteiger partial charge < -0.3 is 19.3 Å². The Morgan fingerprint density at radius 3 is 2.82 bits per heavy atom. The van der Waals surface area contributed by atoms with Crippen LogP contribution in [0, 0.1) is 18.8 Å². The minimum absolute atomic E-state index is 0.162. The lowest BCUT2D eigenvalue weighted by Crippen LogP contribution is -2.36. The van der Waals surface area contributed by atoms with Gasteiger partial charge in [-0.3, -0.25) is 5.32 Å². The van der Waals surface area contributed by atoms with Crippen molar-refractivity contribution >= 4 is 28.8 Å². The van der Waals surface area contributed by atoms with E-state index >= 15 is 0 Å². The van der Waals surface area contributed by atoms with Gasteiger partial charge in [-0.15, -0.1) is 0 Å². The zero-order chi connectivity index (χ0) is 19.3. The highest BCUT2D eigenvalue weighted by molar-refractivity contribution is 5.88. The largest absolute Gasteiger partial charge is 0.356 e. The van der Waals surface area contributed by atoms with E-state index in [0.717, 1.165) is 42.8 Å². The molecule has 1 aliphatic heterocycles. The lowest BCUT2D eigenvalue weighted by molar-refractivity contribution is 0.218. The van der Waals surface area contributed by atoms with Crippen LogP contribution in [-0.4, -0.2) is 62.2 Å². The van der Waals surface area contributed by atoms with E-state index in [1.54, 1.807) is 13.3 Å². The molecule has 146 valence electrons. The van der Waals surface area contributed by atoms with Crippen molar-refractivity contribution in [3.63, 3.8) is 0 Å². The molecule has 5 rings (SSSR count). The Hall–Kier alpha value is -3.17. The molecule has 10 nitrogen and oxygen atoms in total. The molecule has 4 heterocycles. The number of aryl methyl sites for hydroxylation is 1. The van der Waals surface area contributed by atoms with Crippen LogP contribution in [0.2, 0.25) is 0 Å². The molecular weight excluding hydrogens is 360 g/mol. The number of anilines is 2. The minimum atomic E-state index is -0.162. The topological polar surface area (TPSA) is 116 Å². The molecule has 3 aromatic heterocycles. The number of aromatic amines is 1. The molecule has 2 amide bonds. The Labute approximate surface area is 161 Å². The average molecular weight is 382 g/mol. The number of fused-ring (bicyclic) bond motifs is 2. The van der Waals surface area contributed by atoms with Crippen molar-refractivity contribution in [2.24, 2.45) is 11.8 Å². The number of likely N-dealkylation sites (tertiary alicyclic amines) is 1. The van der Waals surface area contributed by atoms with Crippen molar-refractivity contribution in [1.82, 2.24) is 30.0 Å². The van der Waals surface area contributed by atoms with Crippen LogP contribution in [0.15, 0.2) is 23.1 Å². The Balaban J connectivity index is 1.23. The third-order valence-electron chi connectivity index (χ3n) is 5.97. The van der Waals surface area contributed by atoms with Crippen LogP contribution in [0.4, 0.5) is 16.6 Å². The number of nitrogens with zero attached hydrogens (tertiary/aromatic N) is 6. The van der Waals surface area contributed by atoms with Crippen molar-refractivity contribution in [3.05, 3.63) is 24.5 Å². The van der Waals surface area contributed by atoms with Crippen LogP contribution in [0.3, 0.4) is 0 Å². The summed E-state index contributed by atoms with van der Waals surface area (Å²) in [7, 11) is 2.10. The maximum absolute atomic E-state index is 12.5. The summed E-state index contributed by atoms with van der Waals surface area (Å²) in [6.07, 6.45) is 5.58. The summed E-state index contributed by atoms with van der Waals surface area (Å²) in [5, 5.41) is 7.47. The molecular formula is C18H22N8O2. The number of hydrogen-bond acceptors (Lipinski definition) is 7. The monoisotopic (exact) mass is 382 g/mol. The number of urea groups is 1. The van der Waals surface area contributed by atoms with Gasteiger partial charge in [-0.2, -0.15) is 4.98 Å². The number of carbonyl (C=O) groups excluding carboxylic acids is 1. The Bertz CT molecular complexity index is 1000. The Morgan fingerprint density at radius 2 is 2.11 bits per heavy atom. The van der Waals surface area contributed by atoms with Gasteiger partial charge in [-0.25, -0.2) is 14.8 Å². The third kappa shape index (κ3) is 2.85. The SMILES string of the molecule is Cc1nc(NC(=O)N2C[C@H]3CC(N(C)c4ncnc5[nH]ccc45)C[C@H]3C2)no1. The van der Waals surface area contributed by atoms with Gasteiger partial charge in [0, 0.05) is 39.3 Å². The molecule has 1 saturated carbocycles. The van der Waals surface area contributed by atoms with Gasteiger partial charge in [-0.05, 0) is 35.9 Å². The molecule has 0 spiro atoms. The third-order valence-corrected chi connectivity index (χ3v) is 5.97. The van der Waals surface area contributed by atoms with Gasteiger partial charge in [-0.1, -0.05) is 0 Å². The summed E-state index contributed by atoms with van der Waals surface area (Å²) in [6.45, 7) is 3.19. The number of rotatable bonds is 3. The fourth-order valence-corrected chi connectivity index (χ4v) is 4.59. The van der Waals surface area contributed by atoms with Gasteiger partial charge in [0.1, 0.15) is 17.8 Å². The van der Waals surface area contributed by atoms with E-state index in [1.807, 2.05) is 17.2 Å². The summed E-state index contributed by atoms with van der Waals surface area (Å²) in [5.41, 5.74) is 0.856. The molecule has 0 bridgehead atoms. The van der Waals surface area contributed by atoms with Gasteiger partial charge in [0.25, 0.3) is 5.95 Å². The molecule has 1 aliphatic carbocycles. The van der Waals surface area contributed by atoms with Crippen LogP contribution in [0.25, 0.3) is 11.0 Å². The van der Waals surface area contributed by atoms with Crippen LogP contribution in [-0.2, 0) is 0 Å². The lowest BCUT2D eigenvalue weighted by Gasteiger charge is -2.27. The summed E-state index contributed by atoms with van der Waals surface area (Å²) >= 11 is 0. The van der Waals surface area contributed by atoms with Crippen LogP contribution >= 0.6 is 0 Å². The van der Waals surface area contributed by atoms with Crippen molar-refractivity contribution in [1.29, 1.82) is 0 Å². The number of nitrogens with one attached hydrogen (secondary N) is 2. The molecule has 1 unspecified atom stereocenters. The molecule has 2 aliphatic rings. The first kappa shape index (κ1) is 17.0. The molecule has 2 N–H and O–H groups in total. The van der Waals surface area contributed by atoms with Gasteiger partial charge in [0.05, 0.1) is 5.39 Å². The summed E-state index contributed by atoms with van der Waals surface area (Å²) in [6, 6.07) is 2.26. The maximum atomic E-state index is 12.5. The zero-order valence-electron chi connectivity index (χ0n) is 15.8. The maximum Gasteiger partial charge on any atom is 0.324 e. The van der Waals surface area contributed by atoms with Crippen LogP contribution < -0.4 is 10.2 Å². The first-order chi connectivity index (χ1) is 13.6. The van der Waals surface area contributed by atoms with E-state index in [4.69, 9.17) is 4.52 Å². The average Bonchev–Trinajstić information content (AvgIpc) is 3.43. The molecule has 10 heteroatoms. The van der Waals surface area contributed by atoms with Crippen molar-refractivity contribution in [3.8, 4) is 0 Å². The van der Waals surface area contributed by atoms with E-state index in [1.165, 1.54) is 0 Å². The highest BCUT2D eigenvalue weighted by atomic mass is 16.5. The molecule has 2 fully saturated rings. The minimum Gasteiger partial charge on any atom is -0.356 e. The van der Waals surface area contributed by atoms with Crippen molar-refractivity contribution < 1.29 is 9.32 Å². The van der Waals surface area contributed by atoms with E-state index < -0.39 is 0 Å². The van der Waals surface area contributed by atoms with E-state index in [9.17, 15) is 4.79 Å². The quantitative estimate of drug-likeness (QED) is 0.712. The first-order valence-electron chi connectivity index (χ1n) is 9.45. The molecule has 0 aromatic carbocycles. The van der Waals surface area contributed by atoms with Gasteiger partial charge in [0.2, 0.25) is 5.89 Å². The summed E-state index contributed by atoms with van der Waals surface area (Å²) < 4.78 is 4.90. The fraction of sp³-hybridized carbons (Fsp3) is 0.500. The first-order valence-corrected chi connectivity index (χ1v) is 9.45. The second-order valence-electron chi connectivity index (χ2n) is 7.67.